The van der Waals surface area contributed by atoms with Crippen LogP contribution in [0.4, 0.5) is 0 Å². The molecule has 72 valence electrons. The van der Waals surface area contributed by atoms with Gasteiger partial charge in [-0.2, -0.15) is 0 Å². The maximum atomic E-state index is 5.55. The van der Waals surface area contributed by atoms with E-state index in [0.717, 1.165) is 11.3 Å². The van der Waals surface area contributed by atoms with Crippen LogP contribution in [0.3, 0.4) is 0 Å². The molecule has 0 aliphatic rings. The summed E-state index contributed by atoms with van der Waals surface area (Å²) in [6.45, 7) is 3.11. The van der Waals surface area contributed by atoms with Crippen molar-refractivity contribution in [1.29, 1.82) is 0 Å². The molecule has 3 heteroatoms. The van der Waals surface area contributed by atoms with E-state index in [0.29, 0.717) is 13.3 Å². The highest BCUT2D eigenvalue weighted by molar-refractivity contribution is 5.33. The Balaban J connectivity index is 2.76. The monoisotopic (exact) mass is 180 g/mol. The summed E-state index contributed by atoms with van der Waals surface area (Å²) in [4.78, 5) is 0. The van der Waals surface area contributed by atoms with Crippen LogP contribution in [0.2, 0.25) is 0 Å². The van der Waals surface area contributed by atoms with Crippen molar-refractivity contribution in [2.75, 3.05) is 13.8 Å². The summed E-state index contributed by atoms with van der Waals surface area (Å²) < 4.78 is 5.41. The summed E-state index contributed by atoms with van der Waals surface area (Å²) >= 11 is 0. The minimum Gasteiger partial charge on any atom is -0.478 e. The molecular weight excluding hydrogens is 164 g/mol. The minimum absolute atomic E-state index is 0.521. The first kappa shape index (κ1) is 10.0. The van der Waals surface area contributed by atoms with E-state index in [1.165, 1.54) is 5.56 Å². The maximum Gasteiger partial charge on any atom is 0.139 e. The molecule has 0 amide bonds. The van der Waals surface area contributed by atoms with Crippen molar-refractivity contribution in [2.24, 2.45) is 5.73 Å². The minimum atomic E-state index is 0.521. The SMILES string of the molecule is CNCOc1cc(C)cc(CN)c1. The normalized spacial score (nSPS) is 10.1. The standard InChI is InChI=1S/C10H16N2O/c1-8-3-9(6-11)5-10(4-8)13-7-12-2/h3-5,12H,6-7,11H2,1-2H3. The first-order valence-corrected chi connectivity index (χ1v) is 4.34. The Bertz CT molecular complexity index is 274. The highest BCUT2D eigenvalue weighted by Crippen LogP contribution is 2.16. The average molecular weight is 180 g/mol. The molecule has 0 spiro atoms. The molecule has 1 rings (SSSR count). The van der Waals surface area contributed by atoms with Crippen LogP contribution in [0, 0.1) is 6.92 Å². The Hall–Kier alpha value is -1.06. The lowest BCUT2D eigenvalue weighted by Gasteiger charge is -2.07. The number of nitrogens with one attached hydrogen (secondary N) is 1. The molecule has 0 fully saturated rings. The van der Waals surface area contributed by atoms with Gasteiger partial charge in [-0.15, -0.1) is 0 Å². The fraction of sp³-hybridized carbons (Fsp3) is 0.400. The van der Waals surface area contributed by atoms with Crippen molar-refractivity contribution in [3.8, 4) is 5.75 Å². The third kappa shape index (κ3) is 3.05. The Morgan fingerprint density at radius 2 is 2.15 bits per heavy atom. The summed E-state index contributed by atoms with van der Waals surface area (Å²) in [6.07, 6.45) is 0. The van der Waals surface area contributed by atoms with E-state index >= 15 is 0 Å². The number of nitrogens with two attached hydrogens (primary N) is 1. The first-order chi connectivity index (χ1) is 6.26. The molecule has 0 radical (unpaired) electrons. The molecule has 1 aromatic rings. The van der Waals surface area contributed by atoms with Crippen LogP contribution in [0.1, 0.15) is 11.1 Å². The van der Waals surface area contributed by atoms with E-state index in [1.807, 2.05) is 26.1 Å². The van der Waals surface area contributed by atoms with Crippen molar-refractivity contribution >= 4 is 0 Å². The van der Waals surface area contributed by atoms with Gasteiger partial charge >= 0.3 is 0 Å². The summed E-state index contributed by atoms with van der Waals surface area (Å²) in [5, 5.41) is 2.92. The van der Waals surface area contributed by atoms with E-state index in [2.05, 4.69) is 11.4 Å². The largest absolute Gasteiger partial charge is 0.478 e. The Morgan fingerprint density at radius 3 is 2.77 bits per heavy atom. The predicted octanol–water partition coefficient (Wildman–Crippen LogP) is 1.01. The van der Waals surface area contributed by atoms with Crippen LogP contribution >= 0.6 is 0 Å². The van der Waals surface area contributed by atoms with Gasteiger partial charge in [0, 0.05) is 6.54 Å². The number of benzene rings is 1. The predicted molar refractivity (Wildman–Crippen MR) is 53.6 cm³/mol. The second-order valence-electron chi connectivity index (χ2n) is 3.00. The Morgan fingerprint density at radius 1 is 1.38 bits per heavy atom. The van der Waals surface area contributed by atoms with Crippen molar-refractivity contribution in [3.63, 3.8) is 0 Å². The van der Waals surface area contributed by atoms with Gasteiger partial charge < -0.3 is 10.5 Å². The molecule has 0 saturated heterocycles. The summed E-state index contributed by atoms with van der Waals surface area (Å²) in [6, 6.07) is 6.02. The first-order valence-electron chi connectivity index (χ1n) is 4.34. The van der Waals surface area contributed by atoms with Gasteiger partial charge in [0.1, 0.15) is 12.5 Å². The van der Waals surface area contributed by atoms with Crippen molar-refractivity contribution in [1.82, 2.24) is 5.32 Å². The summed E-state index contributed by atoms with van der Waals surface area (Å²) in [5.41, 5.74) is 7.82. The summed E-state index contributed by atoms with van der Waals surface area (Å²) in [5.74, 6) is 0.870. The van der Waals surface area contributed by atoms with Crippen molar-refractivity contribution < 1.29 is 4.74 Å². The highest BCUT2D eigenvalue weighted by Gasteiger charge is 1.97. The number of ether oxygens (including phenoxy) is 1. The fourth-order valence-electron chi connectivity index (χ4n) is 1.18. The van der Waals surface area contributed by atoms with Gasteiger partial charge in [-0.1, -0.05) is 6.07 Å². The highest BCUT2D eigenvalue weighted by atomic mass is 16.5. The lowest BCUT2D eigenvalue weighted by Crippen LogP contribution is -2.14. The van der Waals surface area contributed by atoms with Gasteiger partial charge in [0.05, 0.1) is 0 Å². The fourth-order valence-corrected chi connectivity index (χ4v) is 1.18. The van der Waals surface area contributed by atoms with Gasteiger partial charge in [0.2, 0.25) is 0 Å². The summed E-state index contributed by atoms with van der Waals surface area (Å²) in [7, 11) is 1.85. The molecule has 0 heterocycles. The molecular formula is C10H16N2O. The molecule has 0 saturated carbocycles. The maximum absolute atomic E-state index is 5.55. The van der Waals surface area contributed by atoms with Gasteiger partial charge in [-0.3, -0.25) is 5.32 Å². The van der Waals surface area contributed by atoms with Crippen LogP contribution < -0.4 is 15.8 Å². The van der Waals surface area contributed by atoms with Crippen LogP contribution in [-0.4, -0.2) is 13.8 Å². The van der Waals surface area contributed by atoms with E-state index in [9.17, 15) is 0 Å². The molecule has 0 unspecified atom stereocenters. The third-order valence-electron chi connectivity index (χ3n) is 1.73. The van der Waals surface area contributed by atoms with Gasteiger partial charge in [-0.25, -0.2) is 0 Å². The van der Waals surface area contributed by atoms with Gasteiger partial charge in [-0.05, 0) is 37.2 Å². The van der Waals surface area contributed by atoms with Crippen molar-refractivity contribution in [2.45, 2.75) is 13.5 Å². The molecule has 13 heavy (non-hydrogen) atoms. The number of rotatable bonds is 4. The average Bonchev–Trinajstić information content (AvgIpc) is 2.14. The van der Waals surface area contributed by atoms with Crippen LogP contribution in [0.25, 0.3) is 0 Å². The van der Waals surface area contributed by atoms with Gasteiger partial charge in [0.15, 0.2) is 0 Å². The molecule has 0 bridgehead atoms. The molecule has 0 atom stereocenters. The number of hydrogen-bond donors (Lipinski definition) is 2. The smallest absolute Gasteiger partial charge is 0.139 e. The molecule has 0 aliphatic heterocycles. The number of aryl methyl sites for hydroxylation is 1. The zero-order valence-electron chi connectivity index (χ0n) is 8.13. The molecule has 0 aromatic heterocycles. The second-order valence-corrected chi connectivity index (χ2v) is 3.00. The topological polar surface area (TPSA) is 47.3 Å². The quantitative estimate of drug-likeness (QED) is 0.680. The van der Waals surface area contributed by atoms with Crippen LogP contribution in [0.5, 0.6) is 5.75 Å². The molecule has 1 aromatic carbocycles. The van der Waals surface area contributed by atoms with Crippen LogP contribution in [0.15, 0.2) is 18.2 Å². The zero-order valence-corrected chi connectivity index (χ0v) is 8.13. The van der Waals surface area contributed by atoms with E-state index in [1.54, 1.807) is 0 Å². The van der Waals surface area contributed by atoms with E-state index in [4.69, 9.17) is 10.5 Å². The zero-order chi connectivity index (χ0) is 9.68. The molecule has 3 nitrogen and oxygen atoms in total. The lowest BCUT2D eigenvalue weighted by molar-refractivity contribution is 0.295. The Kier molecular flexibility index (Phi) is 3.73. The second kappa shape index (κ2) is 4.84. The number of hydrogen-bond acceptors (Lipinski definition) is 3. The van der Waals surface area contributed by atoms with Gasteiger partial charge in [0.25, 0.3) is 0 Å². The van der Waals surface area contributed by atoms with Crippen molar-refractivity contribution in [3.05, 3.63) is 29.3 Å². The molecule has 0 aliphatic carbocycles. The lowest BCUT2D eigenvalue weighted by atomic mass is 10.1. The van der Waals surface area contributed by atoms with E-state index < -0.39 is 0 Å². The van der Waals surface area contributed by atoms with E-state index in [-0.39, 0.29) is 0 Å². The van der Waals surface area contributed by atoms with Crippen LogP contribution in [-0.2, 0) is 6.54 Å². The third-order valence-corrected chi connectivity index (χ3v) is 1.73. The Labute approximate surface area is 78.9 Å². The molecule has 3 N–H and O–H groups in total.